The number of carbonyl (C=O) groups excluding carboxylic acids is 1. The maximum Gasteiger partial charge on any atom is 0.416 e. The Morgan fingerprint density at radius 1 is 1.31 bits per heavy atom. The number of aryl methyl sites for hydroxylation is 2. The first-order valence-electron chi connectivity index (χ1n) is 7.29. The number of carbonyl (C=O) groups is 1. The number of alkyl halides is 3. The third kappa shape index (κ3) is 4.22. The number of hydrogen-bond acceptors (Lipinski definition) is 5. The molecule has 0 atom stereocenters. The highest BCUT2D eigenvalue weighted by Gasteiger charge is 2.31. The van der Waals surface area contributed by atoms with Gasteiger partial charge in [-0.15, -0.1) is 0 Å². The maximum atomic E-state index is 12.7. The van der Waals surface area contributed by atoms with Crippen LogP contribution in [-0.4, -0.2) is 37.4 Å². The number of rotatable bonds is 5. The summed E-state index contributed by atoms with van der Waals surface area (Å²) < 4.78 is 68.7. The van der Waals surface area contributed by atoms with Crippen LogP contribution in [0.1, 0.15) is 17.0 Å². The van der Waals surface area contributed by atoms with Crippen LogP contribution in [0.4, 0.5) is 18.9 Å². The Morgan fingerprint density at radius 3 is 2.50 bits per heavy atom. The van der Waals surface area contributed by atoms with Gasteiger partial charge >= 0.3 is 6.18 Å². The highest BCUT2D eigenvalue weighted by Crippen LogP contribution is 2.30. The standard InChI is InChI=1S/C15H16F3N3O4S/c1-9-14(10(2)25-20-9)26(23,24)21(3)8-13(22)19-12-6-4-5-11(7-12)15(16,17)18/h4-7H,8H2,1-3H3,(H,19,22). The smallest absolute Gasteiger partial charge is 0.360 e. The molecule has 2 aromatic rings. The van der Waals surface area contributed by atoms with E-state index in [2.05, 4.69) is 10.5 Å². The van der Waals surface area contributed by atoms with Crippen LogP contribution in [0.15, 0.2) is 33.7 Å². The minimum Gasteiger partial charge on any atom is -0.360 e. The molecule has 0 saturated carbocycles. The number of benzene rings is 1. The number of halogens is 3. The third-order valence-corrected chi connectivity index (χ3v) is 5.52. The van der Waals surface area contributed by atoms with Gasteiger partial charge in [0.25, 0.3) is 0 Å². The molecule has 0 fully saturated rings. The molecule has 0 saturated heterocycles. The van der Waals surface area contributed by atoms with E-state index >= 15 is 0 Å². The van der Waals surface area contributed by atoms with E-state index in [0.717, 1.165) is 22.5 Å². The number of anilines is 1. The molecule has 0 radical (unpaired) electrons. The van der Waals surface area contributed by atoms with Crippen molar-refractivity contribution in [1.29, 1.82) is 0 Å². The zero-order valence-electron chi connectivity index (χ0n) is 14.1. The summed E-state index contributed by atoms with van der Waals surface area (Å²) in [7, 11) is -2.87. The Hall–Kier alpha value is -2.40. The molecule has 1 N–H and O–H groups in total. The minimum absolute atomic E-state index is 0.0765. The first-order chi connectivity index (χ1) is 11.9. The van der Waals surface area contributed by atoms with E-state index in [9.17, 15) is 26.4 Å². The van der Waals surface area contributed by atoms with Gasteiger partial charge in [-0.1, -0.05) is 11.2 Å². The first-order valence-corrected chi connectivity index (χ1v) is 8.73. The molecule has 7 nitrogen and oxygen atoms in total. The Kier molecular flexibility index (Phi) is 5.42. The Balaban J connectivity index is 2.13. The Bertz CT molecular complexity index is 903. The van der Waals surface area contributed by atoms with Crippen LogP contribution in [0.5, 0.6) is 0 Å². The largest absolute Gasteiger partial charge is 0.416 e. The number of hydrogen-bond donors (Lipinski definition) is 1. The van der Waals surface area contributed by atoms with Gasteiger partial charge in [-0.05, 0) is 32.0 Å². The predicted molar refractivity (Wildman–Crippen MR) is 85.9 cm³/mol. The van der Waals surface area contributed by atoms with E-state index < -0.39 is 34.2 Å². The van der Waals surface area contributed by atoms with Crippen LogP contribution in [0.25, 0.3) is 0 Å². The molecule has 142 valence electrons. The highest BCUT2D eigenvalue weighted by molar-refractivity contribution is 7.89. The van der Waals surface area contributed by atoms with Crippen LogP contribution in [0.2, 0.25) is 0 Å². The van der Waals surface area contributed by atoms with Crippen LogP contribution in [0.3, 0.4) is 0 Å². The van der Waals surface area contributed by atoms with Gasteiger partial charge < -0.3 is 9.84 Å². The zero-order valence-corrected chi connectivity index (χ0v) is 14.9. The lowest BCUT2D eigenvalue weighted by molar-refractivity contribution is -0.137. The normalized spacial score (nSPS) is 12.4. The van der Waals surface area contributed by atoms with Crippen molar-refractivity contribution in [3.05, 3.63) is 41.3 Å². The molecular weight excluding hydrogens is 375 g/mol. The number of sulfonamides is 1. The van der Waals surface area contributed by atoms with Crippen molar-refractivity contribution >= 4 is 21.6 Å². The van der Waals surface area contributed by atoms with Crippen LogP contribution in [0, 0.1) is 13.8 Å². The monoisotopic (exact) mass is 391 g/mol. The maximum absolute atomic E-state index is 12.7. The summed E-state index contributed by atoms with van der Waals surface area (Å²) in [6.07, 6.45) is -4.55. The second-order valence-corrected chi connectivity index (χ2v) is 7.52. The van der Waals surface area contributed by atoms with Gasteiger partial charge in [0, 0.05) is 12.7 Å². The summed E-state index contributed by atoms with van der Waals surface area (Å²) in [4.78, 5) is 11.9. The van der Waals surface area contributed by atoms with Crippen molar-refractivity contribution < 1.29 is 30.9 Å². The fourth-order valence-corrected chi connectivity index (χ4v) is 3.67. The average Bonchev–Trinajstić information content (AvgIpc) is 2.86. The predicted octanol–water partition coefficient (Wildman–Crippen LogP) is 2.57. The molecule has 0 unspecified atom stereocenters. The van der Waals surface area contributed by atoms with E-state index in [0.29, 0.717) is 0 Å². The number of likely N-dealkylation sites (N-methyl/N-ethyl adjacent to an activating group) is 1. The topological polar surface area (TPSA) is 92.5 Å². The van der Waals surface area contributed by atoms with Crippen LogP contribution < -0.4 is 5.32 Å². The van der Waals surface area contributed by atoms with E-state index in [1.54, 1.807) is 0 Å². The van der Waals surface area contributed by atoms with E-state index in [1.807, 2.05) is 0 Å². The lowest BCUT2D eigenvalue weighted by Gasteiger charge is -2.17. The molecule has 0 aliphatic carbocycles. The van der Waals surface area contributed by atoms with Gasteiger partial charge in [0.15, 0.2) is 5.76 Å². The van der Waals surface area contributed by atoms with E-state index in [4.69, 9.17) is 4.52 Å². The summed E-state index contributed by atoms with van der Waals surface area (Å²) in [5, 5.41) is 5.80. The molecule has 1 aromatic heterocycles. The summed E-state index contributed by atoms with van der Waals surface area (Å²) in [5.41, 5.74) is -0.868. The molecule has 0 bridgehead atoms. The van der Waals surface area contributed by atoms with Gasteiger partial charge in [0.2, 0.25) is 15.9 Å². The lowest BCUT2D eigenvalue weighted by atomic mass is 10.2. The number of aromatic nitrogens is 1. The molecule has 1 heterocycles. The Labute approximate surface area is 147 Å². The number of nitrogens with one attached hydrogen (secondary N) is 1. The molecule has 0 aliphatic heterocycles. The Morgan fingerprint density at radius 2 is 1.96 bits per heavy atom. The van der Waals surface area contributed by atoms with E-state index in [-0.39, 0.29) is 22.0 Å². The first kappa shape index (κ1) is 19.9. The minimum atomic E-state index is -4.55. The molecule has 1 aromatic carbocycles. The van der Waals surface area contributed by atoms with Crippen molar-refractivity contribution in [2.24, 2.45) is 0 Å². The molecule has 2 rings (SSSR count). The van der Waals surface area contributed by atoms with Crippen molar-refractivity contribution in [2.75, 3.05) is 18.9 Å². The second kappa shape index (κ2) is 7.08. The molecule has 0 aliphatic rings. The second-order valence-electron chi connectivity index (χ2n) is 5.54. The molecule has 1 amide bonds. The lowest BCUT2D eigenvalue weighted by Crippen LogP contribution is -2.35. The fraction of sp³-hybridized carbons (Fsp3) is 0.333. The quantitative estimate of drug-likeness (QED) is 0.846. The van der Waals surface area contributed by atoms with Gasteiger partial charge in [0.05, 0.1) is 12.1 Å². The van der Waals surface area contributed by atoms with Gasteiger partial charge in [-0.2, -0.15) is 17.5 Å². The highest BCUT2D eigenvalue weighted by atomic mass is 32.2. The van der Waals surface area contributed by atoms with Gasteiger partial charge in [-0.3, -0.25) is 4.79 Å². The zero-order chi connectivity index (χ0) is 19.7. The molecule has 26 heavy (non-hydrogen) atoms. The fourth-order valence-electron chi connectivity index (χ4n) is 2.26. The van der Waals surface area contributed by atoms with Crippen LogP contribution in [-0.2, 0) is 21.0 Å². The van der Waals surface area contributed by atoms with Crippen molar-refractivity contribution in [2.45, 2.75) is 24.9 Å². The van der Waals surface area contributed by atoms with Crippen molar-refractivity contribution in [3.8, 4) is 0 Å². The van der Waals surface area contributed by atoms with Crippen molar-refractivity contribution in [3.63, 3.8) is 0 Å². The van der Waals surface area contributed by atoms with Gasteiger partial charge in [0.1, 0.15) is 10.6 Å². The molecular formula is C15H16F3N3O4S. The summed E-state index contributed by atoms with van der Waals surface area (Å²) >= 11 is 0. The van der Waals surface area contributed by atoms with Gasteiger partial charge in [-0.25, -0.2) is 8.42 Å². The van der Waals surface area contributed by atoms with E-state index in [1.165, 1.54) is 27.0 Å². The average molecular weight is 391 g/mol. The molecule has 0 spiro atoms. The number of nitrogens with zero attached hydrogens (tertiary/aromatic N) is 2. The summed E-state index contributed by atoms with van der Waals surface area (Å²) in [6, 6.07) is 4.04. The summed E-state index contributed by atoms with van der Waals surface area (Å²) in [6.45, 7) is 2.27. The molecule has 11 heteroatoms. The third-order valence-electron chi connectivity index (χ3n) is 3.48. The van der Waals surface area contributed by atoms with Crippen molar-refractivity contribution in [1.82, 2.24) is 9.46 Å². The van der Waals surface area contributed by atoms with Crippen LogP contribution >= 0.6 is 0 Å². The number of amides is 1. The SMILES string of the molecule is Cc1noc(C)c1S(=O)(=O)N(C)CC(=O)Nc1cccc(C(F)(F)F)c1. The summed E-state index contributed by atoms with van der Waals surface area (Å²) in [5.74, 6) is -0.713.